The third kappa shape index (κ3) is 4.45. The Balaban J connectivity index is 2.12. The zero-order valence-corrected chi connectivity index (χ0v) is 14.6. The molecule has 1 aromatic carbocycles. The molecule has 0 aliphatic heterocycles. The van der Waals surface area contributed by atoms with Gasteiger partial charge in [0.15, 0.2) is 11.5 Å². The van der Waals surface area contributed by atoms with Gasteiger partial charge in [-0.15, -0.1) is 11.3 Å². The fourth-order valence-corrected chi connectivity index (χ4v) is 2.82. The molecule has 0 saturated heterocycles. The topological polar surface area (TPSA) is 60.5 Å². The summed E-state index contributed by atoms with van der Waals surface area (Å²) in [6, 6.07) is 5.18. The van der Waals surface area contributed by atoms with Gasteiger partial charge in [-0.05, 0) is 24.1 Å². The molecule has 5 nitrogen and oxygen atoms in total. The minimum absolute atomic E-state index is 0.0256. The summed E-state index contributed by atoms with van der Waals surface area (Å²) in [7, 11) is 3.12. The van der Waals surface area contributed by atoms with Crippen molar-refractivity contribution in [1.29, 1.82) is 0 Å². The Labute approximate surface area is 140 Å². The van der Waals surface area contributed by atoms with Crippen LogP contribution in [0.4, 0.5) is 0 Å². The van der Waals surface area contributed by atoms with Gasteiger partial charge in [0.05, 0.1) is 25.4 Å². The van der Waals surface area contributed by atoms with Gasteiger partial charge in [0.1, 0.15) is 0 Å². The van der Waals surface area contributed by atoms with Crippen LogP contribution < -0.4 is 14.8 Å². The van der Waals surface area contributed by atoms with Crippen molar-refractivity contribution in [2.75, 3.05) is 14.2 Å². The lowest BCUT2D eigenvalue weighted by Gasteiger charge is -2.22. The lowest BCUT2D eigenvalue weighted by atomic mass is 9.99. The molecule has 124 valence electrons. The second-order valence-electron chi connectivity index (χ2n) is 5.58. The van der Waals surface area contributed by atoms with Crippen molar-refractivity contribution >= 4 is 17.2 Å². The standard InChI is InChI=1S/C17H22N2O3S/c1-11(2)14(8-13-9-23-10-18-13)19-17(20)12-5-6-15(21-3)16(7-12)22-4/h5-7,9-11,14H,8H2,1-4H3,(H,19,20)/t14-/m0/s1. The molecule has 2 rings (SSSR count). The molecule has 1 N–H and O–H groups in total. The Morgan fingerprint density at radius 1 is 1.26 bits per heavy atom. The van der Waals surface area contributed by atoms with Crippen LogP contribution in [0, 0.1) is 5.92 Å². The highest BCUT2D eigenvalue weighted by atomic mass is 32.1. The van der Waals surface area contributed by atoms with E-state index in [-0.39, 0.29) is 11.9 Å². The highest BCUT2D eigenvalue weighted by Gasteiger charge is 2.19. The monoisotopic (exact) mass is 334 g/mol. The average Bonchev–Trinajstić information content (AvgIpc) is 3.06. The predicted octanol–water partition coefficient (Wildman–Crippen LogP) is 3.16. The lowest BCUT2D eigenvalue weighted by Crippen LogP contribution is -2.40. The molecule has 2 aromatic rings. The van der Waals surface area contributed by atoms with Crippen LogP contribution in [-0.2, 0) is 6.42 Å². The molecule has 0 saturated carbocycles. The summed E-state index contributed by atoms with van der Waals surface area (Å²) in [5, 5.41) is 5.10. The van der Waals surface area contributed by atoms with Crippen LogP contribution in [0.5, 0.6) is 11.5 Å². The Morgan fingerprint density at radius 2 is 2.00 bits per heavy atom. The van der Waals surface area contributed by atoms with E-state index >= 15 is 0 Å². The molecule has 0 aliphatic rings. The van der Waals surface area contributed by atoms with E-state index in [2.05, 4.69) is 24.1 Å². The first-order valence-electron chi connectivity index (χ1n) is 7.45. The number of rotatable bonds is 7. The van der Waals surface area contributed by atoms with Crippen molar-refractivity contribution in [2.24, 2.45) is 5.92 Å². The molecule has 0 bridgehead atoms. The van der Waals surface area contributed by atoms with Crippen molar-refractivity contribution in [3.05, 3.63) is 40.3 Å². The summed E-state index contributed by atoms with van der Waals surface area (Å²) < 4.78 is 10.4. The molecule has 0 unspecified atom stereocenters. The molecule has 0 radical (unpaired) electrons. The minimum Gasteiger partial charge on any atom is -0.493 e. The third-order valence-corrected chi connectivity index (χ3v) is 4.31. The molecule has 1 heterocycles. The van der Waals surface area contributed by atoms with E-state index in [1.807, 2.05) is 10.9 Å². The van der Waals surface area contributed by atoms with E-state index in [9.17, 15) is 4.79 Å². The summed E-state index contributed by atoms with van der Waals surface area (Å²) in [6.07, 6.45) is 0.722. The van der Waals surface area contributed by atoms with E-state index in [0.29, 0.717) is 23.0 Å². The van der Waals surface area contributed by atoms with Gasteiger partial charge in [0, 0.05) is 23.4 Å². The third-order valence-electron chi connectivity index (χ3n) is 3.68. The minimum atomic E-state index is -0.125. The number of carbonyl (C=O) groups excluding carboxylic acids is 1. The molecular formula is C17H22N2O3S. The SMILES string of the molecule is COc1ccc(C(=O)N[C@@H](Cc2cscn2)C(C)C)cc1OC. The van der Waals surface area contributed by atoms with Gasteiger partial charge in [-0.25, -0.2) is 4.98 Å². The van der Waals surface area contributed by atoms with Crippen molar-refractivity contribution in [1.82, 2.24) is 10.3 Å². The highest BCUT2D eigenvalue weighted by Crippen LogP contribution is 2.27. The van der Waals surface area contributed by atoms with E-state index in [1.54, 1.807) is 43.8 Å². The number of carbonyl (C=O) groups is 1. The maximum Gasteiger partial charge on any atom is 0.251 e. The number of benzene rings is 1. The quantitative estimate of drug-likeness (QED) is 0.845. The number of nitrogens with zero attached hydrogens (tertiary/aromatic N) is 1. The van der Waals surface area contributed by atoms with E-state index in [0.717, 1.165) is 12.1 Å². The van der Waals surface area contributed by atoms with Crippen LogP contribution in [0.25, 0.3) is 0 Å². The van der Waals surface area contributed by atoms with Gasteiger partial charge in [0.2, 0.25) is 0 Å². The number of amides is 1. The molecule has 23 heavy (non-hydrogen) atoms. The lowest BCUT2D eigenvalue weighted by molar-refractivity contribution is 0.0925. The summed E-state index contributed by atoms with van der Waals surface area (Å²) in [5.41, 5.74) is 3.36. The van der Waals surface area contributed by atoms with Crippen molar-refractivity contribution in [3.8, 4) is 11.5 Å². The Bertz CT molecular complexity index is 641. The Kier molecular flexibility index (Phi) is 5.98. The fraction of sp³-hybridized carbons (Fsp3) is 0.412. The molecule has 6 heteroatoms. The Morgan fingerprint density at radius 3 is 2.57 bits per heavy atom. The first kappa shape index (κ1) is 17.3. The van der Waals surface area contributed by atoms with Crippen LogP contribution in [0.2, 0.25) is 0 Å². The second-order valence-corrected chi connectivity index (χ2v) is 6.30. The molecule has 0 fully saturated rings. The highest BCUT2D eigenvalue weighted by molar-refractivity contribution is 7.07. The average molecular weight is 334 g/mol. The summed E-state index contributed by atoms with van der Waals surface area (Å²) in [4.78, 5) is 16.8. The van der Waals surface area contributed by atoms with Gasteiger partial charge in [-0.3, -0.25) is 4.79 Å². The number of hydrogen-bond acceptors (Lipinski definition) is 5. The first-order valence-corrected chi connectivity index (χ1v) is 8.39. The molecule has 0 spiro atoms. The fourth-order valence-electron chi connectivity index (χ4n) is 2.25. The van der Waals surface area contributed by atoms with Gasteiger partial charge in [-0.2, -0.15) is 0 Å². The number of ether oxygens (including phenoxy) is 2. The number of nitrogens with one attached hydrogen (secondary N) is 1. The van der Waals surface area contributed by atoms with Crippen LogP contribution in [-0.4, -0.2) is 31.2 Å². The van der Waals surface area contributed by atoms with E-state index < -0.39 is 0 Å². The number of thiazole rings is 1. The molecule has 1 amide bonds. The largest absolute Gasteiger partial charge is 0.493 e. The Hall–Kier alpha value is -2.08. The van der Waals surface area contributed by atoms with Crippen LogP contribution in [0.1, 0.15) is 29.9 Å². The molecule has 1 aromatic heterocycles. The van der Waals surface area contributed by atoms with Crippen molar-refractivity contribution in [2.45, 2.75) is 26.3 Å². The smallest absolute Gasteiger partial charge is 0.251 e. The van der Waals surface area contributed by atoms with E-state index in [1.165, 1.54) is 0 Å². The second kappa shape index (κ2) is 7.97. The van der Waals surface area contributed by atoms with Gasteiger partial charge < -0.3 is 14.8 Å². The number of methoxy groups -OCH3 is 2. The van der Waals surface area contributed by atoms with Crippen LogP contribution in [0.3, 0.4) is 0 Å². The normalized spacial score (nSPS) is 12.0. The summed E-state index contributed by atoms with van der Waals surface area (Å²) in [5.74, 6) is 1.33. The van der Waals surface area contributed by atoms with Gasteiger partial charge in [-0.1, -0.05) is 13.8 Å². The molecular weight excluding hydrogens is 312 g/mol. The van der Waals surface area contributed by atoms with Gasteiger partial charge in [0.25, 0.3) is 5.91 Å². The summed E-state index contributed by atoms with van der Waals surface area (Å²) in [6.45, 7) is 4.18. The zero-order chi connectivity index (χ0) is 16.8. The predicted molar refractivity (Wildman–Crippen MR) is 91.5 cm³/mol. The molecule has 0 aliphatic carbocycles. The van der Waals surface area contributed by atoms with Crippen molar-refractivity contribution < 1.29 is 14.3 Å². The van der Waals surface area contributed by atoms with E-state index in [4.69, 9.17) is 9.47 Å². The maximum atomic E-state index is 12.5. The number of aromatic nitrogens is 1. The van der Waals surface area contributed by atoms with Gasteiger partial charge >= 0.3 is 0 Å². The zero-order valence-electron chi connectivity index (χ0n) is 13.8. The maximum absolute atomic E-state index is 12.5. The van der Waals surface area contributed by atoms with Crippen molar-refractivity contribution in [3.63, 3.8) is 0 Å². The number of hydrogen-bond donors (Lipinski definition) is 1. The van der Waals surface area contributed by atoms with Crippen LogP contribution >= 0.6 is 11.3 Å². The van der Waals surface area contributed by atoms with Crippen LogP contribution in [0.15, 0.2) is 29.1 Å². The first-order chi connectivity index (χ1) is 11.0. The molecule has 1 atom stereocenters. The summed E-state index contributed by atoms with van der Waals surface area (Å²) >= 11 is 1.56.